The van der Waals surface area contributed by atoms with E-state index in [2.05, 4.69) is 10.2 Å². The van der Waals surface area contributed by atoms with E-state index in [0.717, 1.165) is 37.8 Å². The molecule has 0 aromatic heterocycles. The Hall–Kier alpha value is -2.02. The molecule has 0 radical (unpaired) electrons. The van der Waals surface area contributed by atoms with Crippen molar-refractivity contribution in [3.8, 4) is 0 Å². The van der Waals surface area contributed by atoms with Crippen molar-refractivity contribution >= 4 is 17.5 Å². The highest BCUT2D eigenvalue weighted by Gasteiger charge is 2.37. The normalized spacial score (nSPS) is 19.9. The SMILES string of the molecule is CCC(=O)N1CCN(C(C(=O)Nc2ccc(F)cc2F)C2CCCC2)CC1. The molecule has 2 fully saturated rings. The first-order valence-electron chi connectivity index (χ1n) is 9.77. The van der Waals surface area contributed by atoms with Gasteiger partial charge in [0.1, 0.15) is 11.6 Å². The second-order valence-corrected chi connectivity index (χ2v) is 7.37. The fraction of sp³-hybridized carbons (Fsp3) is 0.600. The van der Waals surface area contributed by atoms with Crippen molar-refractivity contribution in [3.63, 3.8) is 0 Å². The van der Waals surface area contributed by atoms with Crippen LogP contribution in [0.4, 0.5) is 14.5 Å². The maximum Gasteiger partial charge on any atom is 0.242 e. The van der Waals surface area contributed by atoms with E-state index >= 15 is 0 Å². The number of benzene rings is 1. The van der Waals surface area contributed by atoms with Crippen LogP contribution >= 0.6 is 0 Å². The summed E-state index contributed by atoms with van der Waals surface area (Å²) in [5.41, 5.74) is 0.00388. The van der Waals surface area contributed by atoms with Crippen molar-refractivity contribution in [2.24, 2.45) is 5.92 Å². The van der Waals surface area contributed by atoms with E-state index in [9.17, 15) is 18.4 Å². The summed E-state index contributed by atoms with van der Waals surface area (Å²) in [6.07, 6.45) is 4.61. The molecule has 0 bridgehead atoms. The lowest BCUT2D eigenvalue weighted by Crippen LogP contribution is -2.56. The van der Waals surface area contributed by atoms with Crippen LogP contribution in [0.2, 0.25) is 0 Å². The van der Waals surface area contributed by atoms with Crippen LogP contribution in [0.5, 0.6) is 0 Å². The first-order chi connectivity index (χ1) is 13.0. The fourth-order valence-corrected chi connectivity index (χ4v) is 4.22. The first-order valence-corrected chi connectivity index (χ1v) is 9.77. The van der Waals surface area contributed by atoms with Gasteiger partial charge in [0, 0.05) is 38.7 Å². The average molecular weight is 379 g/mol. The van der Waals surface area contributed by atoms with E-state index in [1.807, 2.05) is 11.8 Å². The van der Waals surface area contributed by atoms with Crippen LogP contribution < -0.4 is 5.32 Å². The highest BCUT2D eigenvalue weighted by atomic mass is 19.1. The second kappa shape index (κ2) is 8.78. The number of carbonyl (C=O) groups excluding carboxylic acids is 2. The molecule has 1 aromatic rings. The zero-order chi connectivity index (χ0) is 19.4. The summed E-state index contributed by atoms with van der Waals surface area (Å²) in [5.74, 6) is -1.34. The lowest BCUT2D eigenvalue weighted by atomic mass is 9.94. The van der Waals surface area contributed by atoms with Crippen LogP contribution in [0.3, 0.4) is 0 Å². The summed E-state index contributed by atoms with van der Waals surface area (Å²) >= 11 is 0. The molecule has 1 aliphatic heterocycles. The van der Waals surface area contributed by atoms with Crippen molar-refractivity contribution in [2.75, 3.05) is 31.5 Å². The minimum absolute atomic E-state index is 0.00388. The number of piperazine rings is 1. The molecule has 2 amide bonds. The van der Waals surface area contributed by atoms with Crippen LogP contribution in [-0.4, -0.2) is 53.8 Å². The van der Waals surface area contributed by atoms with Gasteiger partial charge in [0.25, 0.3) is 0 Å². The Bertz CT molecular complexity index is 684. The van der Waals surface area contributed by atoms with Crippen molar-refractivity contribution in [3.05, 3.63) is 29.8 Å². The van der Waals surface area contributed by atoms with Gasteiger partial charge in [-0.15, -0.1) is 0 Å². The maximum atomic E-state index is 14.0. The molecule has 1 saturated heterocycles. The summed E-state index contributed by atoms with van der Waals surface area (Å²) in [6.45, 7) is 4.32. The molecule has 5 nitrogen and oxygen atoms in total. The lowest BCUT2D eigenvalue weighted by Gasteiger charge is -2.40. The Morgan fingerprint density at radius 3 is 2.41 bits per heavy atom. The predicted octanol–water partition coefficient (Wildman–Crippen LogP) is 3.02. The standard InChI is InChI=1S/C20H27F2N3O2/c1-2-18(26)24-9-11-25(12-10-24)19(14-5-3-4-6-14)20(27)23-17-8-7-15(21)13-16(17)22/h7-8,13-14,19H,2-6,9-12H2,1H3,(H,23,27). The van der Waals surface area contributed by atoms with Crippen LogP contribution in [0, 0.1) is 17.6 Å². The third-order valence-corrected chi connectivity index (χ3v) is 5.67. The van der Waals surface area contributed by atoms with Gasteiger partial charge in [0.15, 0.2) is 0 Å². The number of nitrogens with one attached hydrogen (secondary N) is 1. The van der Waals surface area contributed by atoms with Crippen molar-refractivity contribution in [1.82, 2.24) is 9.80 Å². The number of hydrogen-bond acceptors (Lipinski definition) is 3. The van der Waals surface area contributed by atoms with Gasteiger partial charge >= 0.3 is 0 Å². The Labute approximate surface area is 158 Å². The number of rotatable bonds is 5. The molecular weight excluding hydrogens is 352 g/mol. The monoisotopic (exact) mass is 379 g/mol. The van der Waals surface area contributed by atoms with Gasteiger partial charge in [0.2, 0.25) is 11.8 Å². The minimum atomic E-state index is -0.771. The van der Waals surface area contributed by atoms with E-state index in [0.29, 0.717) is 32.6 Å². The first kappa shape index (κ1) is 19.7. The molecule has 1 saturated carbocycles. The molecule has 1 aliphatic carbocycles. The highest BCUT2D eigenvalue weighted by Crippen LogP contribution is 2.32. The van der Waals surface area contributed by atoms with Gasteiger partial charge in [0.05, 0.1) is 11.7 Å². The number of nitrogens with zero attached hydrogens (tertiary/aromatic N) is 2. The smallest absolute Gasteiger partial charge is 0.242 e. The van der Waals surface area contributed by atoms with E-state index < -0.39 is 11.6 Å². The molecule has 1 aromatic carbocycles. The van der Waals surface area contributed by atoms with Gasteiger partial charge < -0.3 is 10.2 Å². The predicted molar refractivity (Wildman–Crippen MR) is 99.2 cm³/mol. The topological polar surface area (TPSA) is 52.7 Å². The van der Waals surface area contributed by atoms with E-state index in [4.69, 9.17) is 0 Å². The quantitative estimate of drug-likeness (QED) is 0.856. The number of carbonyl (C=O) groups is 2. The van der Waals surface area contributed by atoms with Gasteiger partial charge in [-0.1, -0.05) is 19.8 Å². The van der Waals surface area contributed by atoms with Crippen LogP contribution in [0.15, 0.2) is 18.2 Å². The Balaban J connectivity index is 1.71. The third-order valence-electron chi connectivity index (χ3n) is 5.67. The van der Waals surface area contributed by atoms with E-state index in [1.165, 1.54) is 6.07 Å². The summed E-state index contributed by atoms with van der Waals surface area (Å²) in [7, 11) is 0. The summed E-state index contributed by atoms with van der Waals surface area (Å²) < 4.78 is 27.1. The number of halogens is 2. The molecule has 1 unspecified atom stereocenters. The van der Waals surface area contributed by atoms with E-state index in [1.54, 1.807) is 0 Å². The molecule has 1 N–H and O–H groups in total. The van der Waals surface area contributed by atoms with Crippen molar-refractivity contribution in [1.29, 1.82) is 0 Å². The number of amides is 2. The van der Waals surface area contributed by atoms with Crippen molar-refractivity contribution < 1.29 is 18.4 Å². The van der Waals surface area contributed by atoms with Crippen molar-refractivity contribution in [2.45, 2.75) is 45.1 Å². The largest absolute Gasteiger partial charge is 0.340 e. The zero-order valence-corrected chi connectivity index (χ0v) is 15.7. The lowest BCUT2D eigenvalue weighted by molar-refractivity contribution is -0.134. The molecule has 7 heteroatoms. The van der Waals surface area contributed by atoms with Gasteiger partial charge in [-0.25, -0.2) is 8.78 Å². The molecule has 1 heterocycles. The summed E-state index contributed by atoms with van der Waals surface area (Å²) in [4.78, 5) is 28.9. The second-order valence-electron chi connectivity index (χ2n) is 7.37. The minimum Gasteiger partial charge on any atom is -0.340 e. The third kappa shape index (κ3) is 4.64. The average Bonchev–Trinajstić information content (AvgIpc) is 3.18. The molecular formula is C20H27F2N3O2. The molecule has 2 aliphatic rings. The van der Waals surface area contributed by atoms with E-state index in [-0.39, 0.29) is 29.5 Å². The number of hydrogen-bond donors (Lipinski definition) is 1. The maximum absolute atomic E-state index is 14.0. The van der Waals surface area contributed by atoms with Crippen LogP contribution in [0.25, 0.3) is 0 Å². The van der Waals surface area contributed by atoms with Gasteiger partial charge in [-0.05, 0) is 30.9 Å². The summed E-state index contributed by atoms with van der Waals surface area (Å²) in [5, 5.41) is 2.65. The Morgan fingerprint density at radius 1 is 1.15 bits per heavy atom. The molecule has 0 spiro atoms. The Morgan fingerprint density at radius 2 is 1.81 bits per heavy atom. The molecule has 27 heavy (non-hydrogen) atoms. The molecule has 3 rings (SSSR count). The molecule has 148 valence electrons. The Kier molecular flexibility index (Phi) is 6.42. The summed E-state index contributed by atoms with van der Waals surface area (Å²) in [6, 6.07) is 2.82. The number of anilines is 1. The van der Waals surface area contributed by atoms with Crippen LogP contribution in [0.1, 0.15) is 39.0 Å². The van der Waals surface area contributed by atoms with Gasteiger partial charge in [-0.2, -0.15) is 0 Å². The molecule has 1 atom stereocenters. The zero-order valence-electron chi connectivity index (χ0n) is 15.7. The van der Waals surface area contributed by atoms with Crippen LogP contribution in [-0.2, 0) is 9.59 Å². The van der Waals surface area contributed by atoms with Gasteiger partial charge in [-0.3, -0.25) is 14.5 Å². The fourth-order valence-electron chi connectivity index (χ4n) is 4.22. The highest BCUT2D eigenvalue weighted by molar-refractivity contribution is 5.95.